The standard InChI is InChI=1S/C32H18N3O.C12H10N.Ir/c1-2-11-22(12-3-1)35-28-23-13-6-5-10-21(23)19-33-31(28)34-32(35)27-16-8-15-25-26-18-17-20-9-4-7-14-24(20)29(26)36-30(25)27;1-10-7-8-12(13-9-10)11-5-3-2-4-6-11;/h1-15,17-19H;2-5,7-9H,1H3;/q2*-1;/i;1D3;. The first-order chi connectivity index (χ1) is 25.4. The molecule has 6 aromatic carbocycles. The molecule has 0 atom stereocenters. The molecule has 4 heterocycles. The molecule has 0 saturated carbocycles. The molecule has 0 N–H and O–H groups in total. The van der Waals surface area contributed by atoms with E-state index in [1.165, 1.54) is 6.20 Å². The number of nitrogens with zero attached hydrogens (tertiary/aromatic N) is 4. The van der Waals surface area contributed by atoms with Crippen molar-refractivity contribution in [1.82, 2.24) is 19.5 Å². The maximum Gasteiger partial charge on any atom is 0.169 e. The summed E-state index contributed by atoms with van der Waals surface area (Å²) < 4.78 is 30.5. The maximum atomic E-state index is 7.23. The summed E-state index contributed by atoms with van der Waals surface area (Å²) in [5.74, 6) is 0.758. The summed E-state index contributed by atoms with van der Waals surface area (Å²) in [6, 6.07) is 52.5. The number of pyridine rings is 2. The van der Waals surface area contributed by atoms with E-state index in [1.807, 2.05) is 60.8 Å². The van der Waals surface area contributed by atoms with Crippen LogP contribution in [0.25, 0.3) is 83.0 Å². The molecule has 10 aromatic rings. The van der Waals surface area contributed by atoms with Crippen LogP contribution in [0.4, 0.5) is 0 Å². The van der Waals surface area contributed by atoms with Gasteiger partial charge < -0.3 is 14.0 Å². The molecule has 4 aromatic heterocycles. The molecular weight excluding hydrogens is 793 g/mol. The Morgan fingerprint density at radius 1 is 0.620 bits per heavy atom. The van der Waals surface area contributed by atoms with Crippen molar-refractivity contribution in [2.24, 2.45) is 0 Å². The summed E-state index contributed by atoms with van der Waals surface area (Å²) in [7, 11) is 0. The van der Waals surface area contributed by atoms with Crippen LogP contribution in [0.3, 0.4) is 0 Å². The van der Waals surface area contributed by atoms with Crippen molar-refractivity contribution >= 4 is 54.6 Å². The maximum absolute atomic E-state index is 7.23. The molecule has 5 nitrogen and oxygen atoms in total. The van der Waals surface area contributed by atoms with E-state index in [0.717, 1.165) is 77.3 Å². The number of aromatic nitrogens is 4. The Hall–Kier alpha value is -5.94. The van der Waals surface area contributed by atoms with E-state index in [0.29, 0.717) is 5.65 Å². The minimum Gasteiger partial charge on any atom is -0.500 e. The Bertz CT molecular complexity index is 2890. The third-order valence-corrected chi connectivity index (χ3v) is 8.71. The van der Waals surface area contributed by atoms with Gasteiger partial charge in [-0.3, -0.25) is 4.98 Å². The topological polar surface area (TPSA) is 56.7 Å². The molecule has 0 spiro atoms. The van der Waals surface area contributed by atoms with Gasteiger partial charge in [0.15, 0.2) is 5.65 Å². The third-order valence-electron chi connectivity index (χ3n) is 8.71. The Labute approximate surface area is 306 Å². The largest absolute Gasteiger partial charge is 0.500 e. The van der Waals surface area contributed by atoms with Crippen molar-refractivity contribution in [3.63, 3.8) is 0 Å². The van der Waals surface area contributed by atoms with E-state index in [4.69, 9.17) is 18.5 Å². The molecule has 50 heavy (non-hydrogen) atoms. The van der Waals surface area contributed by atoms with Crippen molar-refractivity contribution in [3.8, 4) is 28.3 Å². The fourth-order valence-electron chi connectivity index (χ4n) is 6.43. The summed E-state index contributed by atoms with van der Waals surface area (Å²) >= 11 is 0. The molecule has 0 amide bonds. The summed E-state index contributed by atoms with van der Waals surface area (Å²) in [6.45, 7) is -2.09. The van der Waals surface area contributed by atoms with E-state index in [1.54, 1.807) is 18.2 Å². The second-order valence-electron chi connectivity index (χ2n) is 11.7. The van der Waals surface area contributed by atoms with Crippen LogP contribution in [0.2, 0.25) is 0 Å². The number of fused-ring (bicyclic) bond motifs is 8. The van der Waals surface area contributed by atoms with Crippen molar-refractivity contribution in [2.75, 3.05) is 0 Å². The van der Waals surface area contributed by atoms with Gasteiger partial charge in [-0.05, 0) is 35.6 Å². The van der Waals surface area contributed by atoms with Gasteiger partial charge in [0, 0.05) is 63.8 Å². The fourth-order valence-corrected chi connectivity index (χ4v) is 6.43. The molecule has 0 aliphatic rings. The molecule has 0 bridgehead atoms. The molecule has 0 unspecified atom stereocenters. The Balaban J connectivity index is 0.000000199. The summed E-state index contributed by atoms with van der Waals surface area (Å²) in [5, 5.41) is 6.57. The number of imidazole rings is 1. The monoisotopic (exact) mass is 824 g/mol. The Morgan fingerprint density at radius 2 is 1.40 bits per heavy atom. The zero-order valence-corrected chi connectivity index (χ0v) is 28.9. The average molecular weight is 824 g/mol. The van der Waals surface area contributed by atoms with Crippen molar-refractivity contribution in [3.05, 3.63) is 170 Å². The number of para-hydroxylation sites is 1. The third kappa shape index (κ3) is 5.45. The first-order valence-electron chi connectivity index (χ1n) is 17.4. The van der Waals surface area contributed by atoms with Gasteiger partial charge >= 0.3 is 0 Å². The van der Waals surface area contributed by atoms with Gasteiger partial charge in [0.2, 0.25) is 0 Å². The number of hydrogen-bond donors (Lipinski definition) is 0. The SMILES string of the molecule is [2H]C([2H])([2H])c1ccc(-c2[c-]cccc2)nc1.[Ir].[c-]1ccc2c(oc3c4ccccc4ccc23)c1-c1nc2ncc3ccccc3c2n1-c1ccccc1. The van der Waals surface area contributed by atoms with Crippen molar-refractivity contribution in [1.29, 1.82) is 0 Å². The summed E-state index contributed by atoms with van der Waals surface area (Å²) in [4.78, 5) is 13.9. The smallest absolute Gasteiger partial charge is 0.169 e. The van der Waals surface area contributed by atoms with Gasteiger partial charge in [-0.1, -0.05) is 102 Å². The van der Waals surface area contributed by atoms with Crippen LogP contribution >= 0.6 is 0 Å². The van der Waals surface area contributed by atoms with E-state index in [9.17, 15) is 0 Å². The predicted octanol–water partition coefficient (Wildman–Crippen LogP) is 10.9. The van der Waals surface area contributed by atoms with E-state index >= 15 is 0 Å². The second-order valence-corrected chi connectivity index (χ2v) is 11.7. The van der Waals surface area contributed by atoms with E-state index in [-0.39, 0.29) is 25.7 Å². The normalized spacial score (nSPS) is 12.3. The van der Waals surface area contributed by atoms with Gasteiger partial charge in [0.05, 0.1) is 16.9 Å². The van der Waals surface area contributed by atoms with E-state index < -0.39 is 6.85 Å². The molecule has 6 heteroatoms. The Morgan fingerprint density at radius 3 is 2.20 bits per heavy atom. The van der Waals surface area contributed by atoms with Crippen LogP contribution in [0.1, 0.15) is 9.68 Å². The van der Waals surface area contributed by atoms with Crippen LogP contribution in [0.15, 0.2) is 156 Å². The molecule has 0 saturated heterocycles. The van der Waals surface area contributed by atoms with Gasteiger partial charge in [0.1, 0.15) is 5.58 Å². The quantitative estimate of drug-likeness (QED) is 0.167. The van der Waals surface area contributed by atoms with Crippen molar-refractivity contribution < 1.29 is 28.6 Å². The summed E-state index contributed by atoms with van der Waals surface area (Å²) in [5.41, 5.74) is 7.01. The number of furan rings is 1. The second kappa shape index (κ2) is 13.2. The molecule has 10 rings (SSSR count). The molecule has 241 valence electrons. The molecule has 1 radical (unpaired) electrons. The van der Waals surface area contributed by atoms with Crippen LogP contribution in [0, 0.1) is 19.0 Å². The fraction of sp³-hybridized carbons (Fsp3) is 0.0227. The van der Waals surface area contributed by atoms with Gasteiger partial charge in [-0.15, -0.1) is 54.1 Å². The van der Waals surface area contributed by atoms with E-state index in [2.05, 4.69) is 88.4 Å². The first kappa shape index (κ1) is 28.0. The van der Waals surface area contributed by atoms with Crippen LogP contribution < -0.4 is 0 Å². The molecule has 0 fully saturated rings. The average Bonchev–Trinajstić information content (AvgIpc) is 3.78. The molecule has 0 aliphatic heterocycles. The minimum atomic E-state index is -2.09. The van der Waals surface area contributed by atoms with Crippen molar-refractivity contribution in [2.45, 2.75) is 6.85 Å². The van der Waals surface area contributed by atoms with Gasteiger partial charge in [-0.25, -0.2) is 4.98 Å². The van der Waals surface area contributed by atoms with Gasteiger partial charge in [-0.2, -0.15) is 0 Å². The Kier molecular flexibility index (Phi) is 7.36. The summed E-state index contributed by atoms with van der Waals surface area (Å²) in [6.07, 6.45) is 3.28. The number of hydrogen-bond acceptors (Lipinski definition) is 4. The number of benzene rings is 6. The van der Waals surface area contributed by atoms with Crippen LogP contribution in [0.5, 0.6) is 0 Å². The molecule has 0 aliphatic carbocycles. The molecular formula is C44H28IrN4O-2. The minimum absolute atomic E-state index is 0. The first-order valence-corrected chi connectivity index (χ1v) is 15.9. The zero-order chi connectivity index (χ0) is 35.2. The number of aryl methyl sites for hydroxylation is 1. The number of rotatable bonds is 3. The van der Waals surface area contributed by atoms with Gasteiger partial charge in [0.25, 0.3) is 0 Å². The zero-order valence-electron chi connectivity index (χ0n) is 29.5. The van der Waals surface area contributed by atoms with Crippen LogP contribution in [-0.4, -0.2) is 19.5 Å². The predicted molar refractivity (Wildman–Crippen MR) is 199 cm³/mol. The van der Waals surface area contributed by atoms with Crippen LogP contribution in [-0.2, 0) is 20.1 Å².